The summed E-state index contributed by atoms with van der Waals surface area (Å²) in [5.41, 5.74) is 2.09. The second-order valence-corrected chi connectivity index (χ2v) is 4.50. The number of nitrogens with one attached hydrogen (secondary N) is 1. The van der Waals surface area contributed by atoms with Crippen molar-refractivity contribution in [2.75, 3.05) is 18.5 Å². The molecule has 1 aromatic carbocycles. The predicted octanol–water partition coefficient (Wildman–Crippen LogP) is 2.41. The highest BCUT2D eigenvalue weighted by atomic mass is 16.6. The number of ether oxygens (including phenoxy) is 2. The molecule has 0 radical (unpaired) electrons. The average molecular weight is 270 g/mol. The van der Waals surface area contributed by atoms with E-state index in [1.807, 2.05) is 19.1 Å². The van der Waals surface area contributed by atoms with Crippen LogP contribution in [0.4, 0.5) is 5.69 Å². The summed E-state index contributed by atoms with van der Waals surface area (Å²) >= 11 is 0. The van der Waals surface area contributed by atoms with Crippen LogP contribution >= 0.6 is 0 Å². The summed E-state index contributed by atoms with van der Waals surface area (Å²) < 4.78 is 10.9. The molecule has 0 bridgehead atoms. The van der Waals surface area contributed by atoms with Gasteiger partial charge in [0.2, 0.25) is 0 Å². The number of anilines is 1. The quantitative estimate of drug-likeness (QED) is 0.910. The highest BCUT2D eigenvalue weighted by Gasteiger charge is 2.15. The van der Waals surface area contributed by atoms with Crippen LogP contribution in [0.15, 0.2) is 36.5 Å². The van der Waals surface area contributed by atoms with Crippen molar-refractivity contribution in [2.24, 2.45) is 0 Å². The molecule has 5 nitrogen and oxygen atoms in total. The van der Waals surface area contributed by atoms with E-state index in [2.05, 4.69) is 10.3 Å². The summed E-state index contributed by atoms with van der Waals surface area (Å²) in [7, 11) is 0. The van der Waals surface area contributed by atoms with Gasteiger partial charge >= 0.3 is 0 Å². The van der Waals surface area contributed by atoms with Crippen LogP contribution in [0.3, 0.4) is 0 Å². The molecule has 1 N–H and O–H groups in total. The van der Waals surface area contributed by atoms with E-state index in [9.17, 15) is 4.79 Å². The van der Waals surface area contributed by atoms with Gasteiger partial charge in [-0.2, -0.15) is 0 Å². The zero-order chi connectivity index (χ0) is 13.9. The topological polar surface area (TPSA) is 60.5 Å². The molecule has 0 spiro atoms. The van der Waals surface area contributed by atoms with E-state index in [1.54, 1.807) is 24.4 Å². The molecule has 1 amide bonds. The molecule has 1 aliphatic heterocycles. The van der Waals surface area contributed by atoms with E-state index in [4.69, 9.17) is 9.47 Å². The van der Waals surface area contributed by atoms with Crippen LogP contribution in [-0.2, 0) is 0 Å². The first-order chi connectivity index (χ1) is 9.72. The monoisotopic (exact) mass is 270 g/mol. The van der Waals surface area contributed by atoms with Crippen LogP contribution in [-0.4, -0.2) is 24.1 Å². The van der Waals surface area contributed by atoms with Gasteiger partial charge in [0, 0.05) is 11.3 Å². The SMILES string of the molecule is Cc1ccc(NC(=O)c2ccc3c(c2)OCCO3)cn1. The van der Waals surface area contributed by atoms with Gasteiger partial charge in [0.1, 0.15) is 13.2 Å². The smallest absolute Gasteiger partial charge is 0.255 e. The Kier molecular flexibility index (Phi) is 3.25. The molecule has 1 aromatic heterocycles. The zero-order valence-electron chi connectivity index (χ0n) is 11.1. The number of hydrogen-bond donors (Lipinski definition) is 1. The Hall–Kier alpha value is -2.56. The molecule has 0 saturated heterocycles. The summed E-state index contributed by atoms with van der Waals surface area (Å²) in [4.78, 5) is 16.3. The number of amides is 1. The Bertz CT molecular complexity index is 638. The number of aryl methyl sites for hydroxylation is 1. The third-order valence-corrected chi connectivity index (χ3v) is 2.97. The Morgan fingerprint density at radius 1 is 1.15 bits per heavy atom. The number of carbonyl (C=O) groups is 1. The number of carbonyl (C=O) groups excluding carboxylic acids is 1. The van der Waals surface area contributed by atoms with Crippen LogP contribution in [0.1, 0.15) is 16.1 Å². The highest BCUT2D eigenvalue weighted by molar-refractivity contribution is 6.04. The van der Waals surface area contributed by atoms with Crippen LogP contribution in [0.5, 0.6) is 11.5 Å². The lowest BCUT2D eigenvalue weighted by Gasteiger charge is -2.18. The number of aromatic nitrogens is 1. The molecule has 2 heterocycles. The maximum Gasteiger partial charge on any atom is 0.255 e. The van der Waals surface area contributed by atoms with Crippen molar-refractivity contribution in [1.29, 1.82) is 0 Å². The van der Waals surface area contributed by atoms with Crippen molar-refractivity contribution in [3.05, 3.63) is 47.8 Å². The first kappa shape index (κ1) is 12.5. The first-order valence-electron chi connectivity index (χ1n) is 6.36. The molecule has 20 heavy (non-hydrogen) atoms. The van der Waals surface area contributed by atoms with E-state index in [1.165, 1.54) is 0 Å². The maximum absolute atomic E-state index is 12.1. The van der Waals surface area contributed by atoms with Crippen LogP contribution in [0.25, 0.3) is 0 Å². The van der Waals surface area contributed by atoms with Crippen molar-refractivity contribution in [3.8, 4) is 11.5 Å². The number of fused-ring (bicyclic) bond motifs is 1. The predicted molar refractivity (Wildman–Crippen MR) is 74.4 cm³/mol. The van der Waals surface area contributed by atoms with Crippen molar-refractivity contribution >= 4 is 11.6 Å². The number of benzene rings is 1. The van der Waals surface area contributed by atoms with Gasteiger partial charge in [-0.1, -0.05) is 0 Å². The molecule has 1 aliphatic rings. The van der Waals surface area contributed by atoms with E-state index in [-0.39, 0.29) is 5.91 Å². The lowest BCUT2D eigenvalue weighted by atomic mass is 10.1. The van der Waals surface area contributed by atoms with Gasteiger partial charge in [0.25, 0.3) is 5.91 Å². The maximum atomic E-state index is 12.1. The molecule has 0 atom stereocenters. The zero-order valence-corrected chi connectivity index (χ0v) is 11.1. The highest BCUT2D eigenvalue weighted by Crippen LogP contribution is 2.30. The largest absolute Gasteiger partial charge is 0.486 e. The minimum atomic E-state index is -0.201. The lowest BCUT2D eigenvalue weighted by Crippen LogP contribution is -2.17. The Morgan fingerprint density at radius 2 is 1.95 bits per heavy atom. The molecule has 0 unspecified atom stereocenters. The summed E-state index contributed by atoms with van der Waals surface area (Å²) in [6.07, 6.45) is 1.63. The third kappa shape index (κ3) is 2.56. The van der Waals surface area contributed by atoms with Crippen LogP contribution in [0.2, 0.25) is 0 Å². The number of nitrogens with zero attached hydrogens (tertiary/aromatic N) is 1. The van der Waals surface area contributed by atoms with Gasteiger partial charge < -0.3 is 14.8 Å². The molecule has 0 saturated carbocycles. The molecule has 102 valence electrons. The standard InChI is InChI=1S/C15H14N2O3/c1-10-2-4-12(9-16-10)17-15(18)11-3-5-13-14(8-11)20-7-6-19-13/h2-5,8-9H,6-7H2,1H3,(H,17,18). The number of rotatable bonds is 2. The normalized spacial score (nSPS) is 12.8. The fourth-order valence-corrected chi connectivity index (χ4v) is 1.93. The number of pyridine rings is 1. The fraction of sp³-hybridized carbons (Fsp3) is 0.200. The fourth-order valence-electron chi connectivity index (χ4n) is 1.93. The summed E-state index contributed by atoms with van der Waals surface area (Å²) in [5, 5.41) is 2.79. The van der Waals surface area contributed by atoms with Gasteiger partial charge in [-0.3, -0.25) is 9.78 Å². The van der Waals surface area contributed by atoms with Crippen molar-refractivity contribution in [3.63, 3.8) is 0 Å². The molecule has 2 aromatic rings. The van der Waals surface area contributed by atoms with Crippen LogP contribution < -0.4 is 14.8 Å². The minimum absolute atomic E-state index is 0.201. The minimum Gasteiger partial charge on any atom is -0.486 e. The molecule has 0 aliphatic carbocycles. The Labute approximate surface area is 116 Å². The molecule has 5 heteroatoms. The molecular weight excluding hydrogens is 256 g/mol. The van der Waals surface area contributed by atoms with E-state index in [0.717, 1.165) is 5.69 Å². The molecular formula is C15H14N2O3. The lowest BCUT2D eigenvalue weighted by molar-refractivity contribution is 0.102. The summed E-state index contributed by atoms with van der Waals surface area (Å²) in [6, 6.07) is 8.81. The van der Waals surface area contributed by atoms with Crippen molar-refractivity contribution in [2.45, 2.75) is 6.92 Å². The second-order valence-electron chi connectivity index (χ2n) is 4.50. The molecule has 0 fully saturated rings. The van der Waals surface area contributed by atoms with Crippen molar-refractivity contribution < 1.29 is 14.3 Å². The van der Waals surface area contributed by atoms with E-state index in [0.29, 0.717) is 36.0 Å². The van der Waals surface area contributed by atoms with Gasteiger partial charge in [-0.15, -0.1) is 0 Å². The molecule has 3 rings (SSSR count). The first-order valence-corrected chi connectivity index (χ1v) is 6.36. The van der Waals surface area contributed by atoms with Gasteiger partial charge in [0.15, 0.2) is 11.5 Å². The Balaban J connectivity index is 1.78. The van der Waals surface area contributed by atoms with Crippen LogP contribution in [0, 0.1) is 6.92 Å². The summed E-state index contributed by atoms with van der Waals surface area (Å²) in [5.74, 6) is 1.07. The third-order valence-electron chi connectivity index (χ3n) is 2.97. The average Bonchev–Trinajstić information content (AvgIpc) is 2.49. The van der Waals surface area contributed by atoms with Gasteiger partial charge in [0.05, 0.1) is 11.9 Å². The van der Waals surface area contributed by atoms with Gasteiger partial charge in [-0.25, -0.2) is 0 Å². The van der Waals surface area contributed by atoms with Gasteiger partial charge in [-0.05, 0) is 37.3 Å². The summed E-state index contributed by atoms with van der Waals surface area (Å²) in [6.45, 7) is 2.93. The Morgan fingerprint density at radius 3 is 2.70 bits per heavy atom. The van der Waals surface area contributed by atoms with E-state index >= 15 is 0 Å². The van der Waals surface area contributed by atoms with Crippen molar-refractivity contribution in [1.82, 2.24) is 4.98 Å². The second kappa shape index (κ2) is 5.21. The number of hydrogen-bond acceptors (Lipinski definition) is 4. The van der Waals surface area contributed by atoms with E-state index < -0.39 is 0 Å².